The number of alkyl halides is 2. The zero-order chi connectivity index (χ0) is 30.9. The number of halogens is 2. The molecule has 8 rings (SSSR count). The predicted octanol–water partition coefficient (Wildman–Crippen LogP) is 10.6. The molecule has 0 fully saturated rings. The highest BCUT2D eigenvalue weighted by molar-refractivity contribution is 9.09. The minimum Gasteiger partial charge on any atom is -0.382 e. The fraction of sp³-hybridized carbons (Fsp3) is 0.231. The first-order chi connectivity index (χ1) is 22.1. The second-order valence-corrected chi connectivity index (χ2v) is 13.5. The van der Waals surface area contributed by atoms with Gasteiger partial charge >= 0.3 is 0 Å². The van der Waals surface area contributed by atoms with Crippen LogP contribution in [0.15, 0.2) is 109 Å². The van der Waals surface area contributed by atoms with Crippen molar-refractivity contribution in [2.45, 2.75) is 27.9 Å². The molecular weight excluding hydrogens is 688 g/mol. The number of hydrogen-bond acceptors (Lipinski definition) is 4. The molecule has 0 spiro atoms. The SMILES string of the molecule is Br[C@H]1c2c(nc3ccccc3c2-c2ccccc2)[C@H]2C[C@@H]1c1nc3ccccc3c(-c3ccccc3)c1[C@@H]2Br.COCCOC. The first-order valence-electron chi connectivity index (χ1n) is 15.3. The lowest BCUT2D eigenvalue weighted by Gasteiger charge is -2.44. The Morgan fingerprint density at radius 1 is 0.556 bits per heavy atom. The van der Waals surface area contributed by atoms with Crippen LogP contribution in [0.1, 0.15) is 50.4 Å². The molecule has 0 aliphatic heterocycles. The Bertz CT molecular complexity index is 1820. The van der Waals surface area contributed by atoms with Gasteiger partial charge < -0.3 is 9.47 Å². The number of fused-ring (bicyclic) bond motifs is 8. The highest BCUT2D eigenvalue weighted by Gasteiger charge is 2.47. The Labute approximate surface area is 281 Å². The molecule has 4 atom stereocenters. The van der Waals surface area contributed by atoms with Gasteiger partial charge in [0.25, 0.3) is 0 Å². The zero-order valence-electron chi connectivity index (χ0n) is 25.3. The smallest absolute Gasteiger partial charge is 0.0711 e. The highest BCUT2D eigenvalue weighted by atomic mass is 79.9. The fourth-order valence-corrected chi connectivity index (χ4v) is 8.89. The maximum atomic E-state index is 5.38. The maximum Gasteiger partial charge on any atom is 0.0711 e. The van der Waals surface area contributed by atoms with Crippen molar-refractivity contribution >= 4 is 53.7 Å². The molecule has 226 valence electrons. The van der Waals surface area contributed by atoms with Crippen molar-refractivity contribution in [3.05, 3.63) is 132 Å². The van der Waals surface area contributed by atoms with Crippen LogP contribution in [-0.2, 0) is 9.47 Å². The van der Waals surface area contributed by atoms with Crippen LogP contribution in [0.2, 0.25) is 0 Å². The van der Waals surface area contributed by atoms with Crippen LogP contribution < -0.4 is 0 Å². The monoisotopic (exact) mass is 720 g/mol. The van der Waals surface area contributed by atoms with Crippen LogP contribution in [0.25, 0.3) is 44.1 Å². The molecule has 2 aliphatic rings. The first-order valence-corrected chi connectivity index (χ1v) is 17.2. The number of rotatable bonds is 5. The van der Waals surface area contributed by atoms with Crippen molar-refractivity contribution in [1.29, 1.82) is 0 Å². The Kier molecular flexibility index (Phi) is 8.83. The summed E-state index contributed by atoms with van der Waals surface area (Å²) in [5, 5.41) is 2.41. The summed E-state index contributed by atoms with van der Waals surface area (Å²) in [4.78, 5) is 11.0. The van der Waals surface area contributed by atoms with Crippen molar-refractivity contribution in [2.24, 2.45) is 0 Å². The van der Waals surface area contributed by atoms with E-state index in [9.17, 15) is 0 Å². The molecule has 0 saturated carbocycles. The number of nitrogens with zero attached hydrogens (tertiary/aromatic N) is 2. The Hall–Kier alpha value is -3.42. The summed E-state index contributed by atoms with van der Waals surface area (Å²) >= 11 is 8.50. The van der Waals surface area contributed by atoms with E-state index in [1.54, 1.807) is 14.2 Å². The van der Waals surface area contributed by atoms with Crippen LogP contribution in [0.3, 0.4) is 0 Å². The zero-order valence-corrected chi connectivity index (χ0v) is 28.5. The van der Waals surface area contributed by atoms with E-state index in [-0.39, 0.29) is 21.5 Å². The van der Waals surface area contributed by atoms with Crippen LogP contribution in [0, 0.1) is 0 Å². The first kappa shape index (κ1) is 30.2. The maximum absolute atomic E-state index is 5.38. The van der Waals surface area contributed by atoms with Gasteiger partial charge in [0.2, 0.25) is 0 Å². The molecular formula is C39H34Br2N2O2. The molecule has 45 heavy (non-hydrogen) atoms. The molecule has 6 heteroatoms. The second-order valence-electron chi connectivity index (χ2n) is 11.6. The van der Waals surface area contributed by atoms with Gasteiger partial charge in [-0.1, -0.05) is 129 Å². The van der Waals surface area contributed by atoms with E-state index in [1.165, 1.54) is 55.5 Å². The van der Waals surface area contributed by atoms with E-state index in [1.807, 2.05) is 0 Å². The lowest BCUT2D eigenvalue weighted by Crippen LogP contribution is -2.30. The van der Waals surface area contributed by atoms with Crippen molar-refractivity contribution in [3.63, 3.8) is 0 Å². The molecule has 0 saturated heterocycles. The summed E-state index contributed by atoms with van der Waals surface area (Å²) in [5.41, 5.74) is 12.2. The lowest BCUT2D eigenvalue weighted by molar-refractivity contribution is 0.103. The van der Waals surface area contributed by atoms with Gasteiger partial charge in [-0.05, 0) is 51.9 Å². The van der Waals surface area contributed by atoms with Crippen molar-refractivity contribution in [3.8, 4) is 22.3 Å². The van der Waals surface area contributed by atoms with Gasteiger partial charge in [0, 0.05) is 36.8 Å². The van der Waals surface area contributed by atoms with E-state index in [0.717, 1.165) is 17.5 Å². The Morgan fingerprint density at radius 3 is 1.33 bits per heavy atom. The van der Waals surface area contributed by atoms with E-state index in [2.05, 4.69) is 151 Å². The van der Waals surface area contributed by atoms with Gasteiger partial charge in [-0.25, -0.2) is 0 Å². The highest BCUT2D eigenvalue weighted by Crippen LogP contribution is 2.63. The van der Waals surface area contributed by atoms with E-state index >= 15 is 0 Å². The van der Waals surface area contributed by atoms with Gasteiger partial charge in [-0.3, -0.25) is 9.97 Å². The third-order valence-electron chi connectivity index (χ3n) is 9.00. The van der Waals surface area contributed by atoms with Crippen LogP contribution in [0.5, 0.6) is 0 Å². The predicted molar refractivity (Wildman–Crippen MR) is 192 cm³/mol. The largest absolute Gasteiger partial charge is 0.382 e. The minimum absolute atomic E-state index is 0.104. The Morgan fingerprint density at radius 2 is 0.933 bits per heavy atom. The summed E-state index contributed by atoms with van der Waals surface area (Å²) in [6, 6.07) is 38.8. The normalized spacial score (nSPS) is 19.8. The third kappa shape index (κ3) is 5.42. The molecule has 4 aromatic carbocycles. The molecule has 0 N–H and O–H groups in total. The average molecular weight is 723 g/mol. The molecule has 2 aliphatic carbocycles. The quantitative estimate of drug-likeness (QED) is 0.131. The van der Waals surface area contributed by atoms with Crippen molar-refractivity contribution < 1.29 is 9.47 Å². The van der Waals surface area contributed by atoms with Crippen LogP contribution in [0.4, 0.5) is 0 Å². The van der Waals surface area contributed by atoms with Gasteiger partial charge in [-0.15, -0.1) is 0 Å². The average Bonchev–Trinajstić information content (AvgIpc) is 3.10. The van der Waals surface area contributed by atoms with Gasteiger partial charge in [0.05, 0.1) is 45.3 Å². The molecule has 0 amide bonds. The Balaban J connectivity index is 0.000000497. The molecule has 0 radical (unpaired) electrons. The topological polar surface area (TPSA) is 44.2 Å². The summed E-state index contributed by atoms with van der Waals surface area (Å²) in [6.07, 6.45) is 1.00. The molecule has 2 heterocycles. The van der Waals surface area contributed by atoms with E-state index < -0.39 is 0 Å². The summed E-state index contributed by atoms with van der Waals surface area (Å²) in [6.45, 7) is 1.38. The number of benzene rings is 4. The van der Waals surface area contributed by atoms with E-state index in [0.29, 0.717) is 13.2 Å². The molecule has 0 unspecified atom stereocenters. The minimum atomic E-state index is 0.104. The fourth-order valence-electron chi connectivity index (χ4n) is 7.03. The number of pyridine rings is 2. The van der Waals surface area contributed by atoms with Gasteiger partial charge in [0.1, 0.15) is 0 Å². The van der Waals surface area contributed by atoms with E-state index in [4.69, 9.17) is 9.97 Å². The summed E-state index contributed by atoms with van der Waals surface area (Å²) in [7, 11) is 3.30. The molecule has 4 nitrogen and oxygen atoms in total. The molecule has 6 aromatic rings. The van der Waals surface area contributed by atoms with Gasteiger partial charge in [0.15, 0.2) is 0 Å². The second kappa shape index (κ2) is 13.1. The molecule has 2 aromatic heterocycles. The number of ether oxygens (including phenoxy) is 2. The number of hydrogen-bond donors (Lipinski definition) is 0. The van der Waals surface area contributed by atoms with Gasteiger partial charge in [-0.2, -0.15) is 0 Å². The molecule has 2 bridgehead atoms. The van der Waals surface area contributed by atoms with Crippen molar-refractivity contribution in [2.75, 3.05) is 27.4 Å². The standard InChI is InChI=1S/C35H24Br2N2.C4H10O2/c36-32-24-19-25(34-30(32)28(20-11-3-1-4-12-20)22-15-7-9-17-26(22)38-34)33(37)31-29(21-13-5-2-6-14-21)23-16-8-10-18-27(23)39-35(24)31;1-5-3-4-6-2/h1-18,24-25,32-33H,19H2;3-4H2,1-2H3/t24-,25-,32+,33+;/m0./s1. The lowest BCUT2D eigenvalue weighted by atomic mass is 9.67. The number of methoxy groups -OCH3 is 2. The number of aromatic nitrogens is 2. The van der Waals surface area contributed by atoms with Crippen LogP contribution >= 0.6 is 31.9 Å². The third-order valence-corrected chi connectivity index (χ3v) is 11.2. The van der Waals surface area contributed by atoms with Crippen molar-refractivity contribution in [1.82, 2.24) is 9.97 Å². The number of para-hydroxylation sites is 2. The van der Waals surface area contributed by atoms with Crippen LogP contribution in [-0.4, -0.2) is 37.4 Å². The summed E-state index contributed by atoms with van der Waals surface area (Å²) in [5.74, 6) is 0.479. The summed E-state index contributed by atoms with van der Waals surface area (Å²) < 4.78 is 9.31.